The first kappa shape index (κ1) is 17.3. The van der Waals surface area contributed by atoms with E-state index in [1.165, 1.54) is 0 Å². The van der Waals surface area contributed by atoms with E-state index in [1.807, 2.05) is 19.9 Å². The Kier molecular flexibility index (Phi) is 7.02. The zero-order valence-electron chi connectivity index (χ0n) is 12.2. The van der Waals surface area contributed by atoms with Gasteiger partial charge in [0.1, 0.15) is 5.75 Å². The van der Waals surface area contributed by atoms with Gasteiger partial charge in [0.05, 0.1) is 5.02 Å². The van der Waals surface area contributed by atoms with Gasteiger partial charge in [0.15, 0.2) is 6.61 Å². The Morgan fingerprint density at radius 1 is 1.43 bits per heavy atom. The van der Waals surface area contributed by atoms with Gasteiger partial charge >= 0.3 is 5.97 Å². The highest BCUT2D eigenvalue weighted by Gasteiger charge is 2.09. The second-order valence-electron chi connectivity index (χ2n) is 5.06. The van der Waals surface area contributed by atoms with Crippen LogP contribution < -0.4 is 10.1 Å². The van der Waals surface area contributed by atoms with Crippen molar-refractivity contribution in [3.8, 4) is 5.75 Å². The van der Waals surface area contributed by atoms with Crippen molar-refractivity contribution in [3.05, 3.63) is 28.8 Å². The second-order valence-corrected chi connectivity index (χ2v) is 5.47. The van der Waals surface area contributed by atoms with E-state index >= 15 is 0 Å². The van der Waals surface area contributed by atoms with E-state index in [0.29, 0.717) is 23.7 Å². The summed E-state index contributed by atoms with van der Waals surface area (Å²) in [5.41, 5.74) is 0.997. The normalized spacial score (nSPS) is 11.8. The van der Waals surface area contributed by atoms with Crippen molar-refractivity contribution >= 4 is 23.5 Å². The molecular formula is C15H20ClNO4. The SMILES string of the molecule is Cc1ccc(Cl)c(OCC(=O)NCC(C)CCC(=O)O)c1. The molecule has 0 aliphatic carbocycles. The van der Waals surface area contributed by atoms with Crippen molar-refractivity contribution in [1.29, 1.82) is 0 Å². The summed E-state index contributed by atoms with van der Waals surface area (Å²) in [6.07, 6.45) is 0.632. The lowest BCUT2D eigenvalue weighted by atomic mass is 10.1. The van der Waals surface area contributed by atoms with Crippen LogP contribution in [0.4, 0.5) is 0 Å². The molecule has 1 aromatic rings. The van der Waals surface area contributed by atoms with Gasteiger partial charge in [-0.1, -0.05) is 24.6 Å². The number of carboxylic acid groups (broad SMARTS) is 1. The van der Waals surface area contributed by atoms with E-state index in [-0.39, 0.29) is 24.9 Å². The Bertz CT molecular complexity index is 504. The number of amides is 1. The van der Waals surface area contributed by atoms with Crippen LogP contribution in [0, 0.1) is 12.8 Å². The highest BCUT2D eigenvalue weighted by molar-refractivity contribution is 6.32. The molecule has 0 spiro atoms. The van der Waals surface area contributed by atoms with E-state index in [2.05, 4.69) is 5.32 Å². The van der Waals surface area contributed by atoms with Gasteiger partial charge in [0.25, 0.3) is 5.91 Å². The van der Waals surface area contributed by atoms with E-state index in [0.717, 1.165) is 5.56 Å². The zero-order valence-corrected chi connectivity index (χ0v) is 12.9. The maximum atomic E-state index is 11.7. The summed E-state index contributed by atoms with van der Waals surface area (Å²) >= 11 is 5.97. The minimum absolute atomic E-state index is 0.104. The molecule has 0 saturated heterocycles. The average molecular weight is 314 g/mol. The van der Waals surface area contributed by atoms with Gasteiger partial charge < -0.3 is 15.2 Å². The fraction of sp³-hybridized carbons (Fsp3) is 0.467. The van der Waals surface area contributed by atoms with Crippen molar-refractivity contribution < 1.29 is 19.4 Å². The summed E-state index contributed by atoms with van der Waals surface area (Å²) in [5, 5.41) is 11.8. The fourth-order valence-electron chi connectivity index (χ4n) is 1.68. The predicted octanol–water partition coefficient (Wildman–Crippen LogP) is 2.64. The topological polar surface area (TPSA) is 75.6 Å². The molecule has 6 heteroatoms. The third-order valence-corrected chi connectivity index (χ3v) is 3.26. The monoisotopic (exact) mass is 313 g/mol. The van der Waals surface area contributed by atoms with Crippen molar-refractivity contribution in [2.45, 2.75) is 26.7 Å². The molecule has 1 rings (SSSR count). The predicted molar refractivity (Wildman–Crippen MR) is 80.7 cm³/mol. The average Bonchev–Trinajstić information content (AvgIpc) is 2.43. The molecule has 1 aromatic carbocycles. The zero-order chi connectivity index (χ0) is 15.8. The molecule has 2 N–H and O–H groups in total. The van der Waals surface area contributed by atoms with Crippen LogP contribution in [0.25, 0.3) is 0 Å². The number of carboxylic acids is 1. The van der Waals surface area contributed by atoms with Crippen LogP contribution in [0.15, 0.2) is 18.2 Å². The summed E-state index contributed by atoms with van der Waals surface area (Å²) in [5.74, 6) is -0.501. The lowest BCUT2D eigenvalue weighted by molar-refractivity contribution is -0.137. The number of hydrogen-bond donors (Lipinski definition) is 2. The largest absolute Gasteiger partial charge is 0.482 e. The van der Waals surface area contributed by atoms with Crippen LogP contribution in [-0.2, 0) is 9.59 Å². The first-order chi connectivity index (χ1) is 9.88. The maximum absolute atomic E-state index is 11.7. The van der Waals surface area contributed by atoms with Gasteiger partial charge in [-0.05, 0) is 37.0 Å². The third kappa shape index (κ3) is 6.99. The van der Waals surface area contributed by atoms with E-state index in [9.17, 15) is 9.59 Å². The fourth-order valence-corrected chi connectivity index (χ4v) is 1.85. The minimum atomic E-state index is -0.828. The number of benzene rings is 1. The van der Waals surface area contributed by atoms with E-state index in [1.54, 1.807) is 12.1 Å². The number of nitrogens with one attached hydrogen (secondary N) is 1. The summed E-state index contributed by atoms with van der Waals surface area (Å²) in [7, 11) is 0. The van der Waals surface area contributed by atoms with E-state index in [4.69, 9.17) is 21.4 Å². The Labute approximate surface area is 129 Å². The first-order valence-electron chi connectivity index (χ1n) is 6.76. The number of carbonyl (C=O) groups is 2. The molecule has 0 aliphatic heterocycles. The number of halogens is 1. The van der Waals surface area contributed by atoms with Gasteiger partial charge in [-0.15, -0.1) is 0 Å². The van der Waals surface area contributed by atoms with Crippen molar-refractivity contribution in [3.63, 3.8) is 0 Å². The Morgan fingerprint density at radius 2 is 2.14 bits per heavy atom. The van der Waals surface area contributed by atoms with E-state index < -0.39 is 5.97 Å². The molecule has 0 aliphatic rings. The smallest absolute Gasteiger partial charge is 0.303 e. The molecule has 0 bridgehead atoms. The molecule has 1 unspecified atom stereocenters. The number of aryl methyl sites for hydroxylation is 1. The molecule has 0 saturated carbocycles. The number of rotatable bonds is 8. The van der Waals surface area contributed by atoms with Crippen LogP contribution in [0.2, 0.25) is 5.02 Å². The molecule has 1 amide bonds. The Hall–Kier alpha value is -1.75. The molecule has 0 aromatic heterocycles. The molecule has 0 fully saturated rings. The first-order valence-corrected chi connectivity index (χ1v) is 7.13. The minimum Gasteiger partial charge on any atom is -0.482 e. The van der Waals surface area contributed by atoms with Crippen molar-refractivity contribution in [1.82, 2.24) is 5.32 Å². The highest BCUT2D eigenvalue weighted by Crippen LogP contribution is 2.24. The van der Waals surface area contributed by atoms with Gasteiger partial charge in [0, 0.05) is 13.0 Å². The summed E-state index contributed by atoms with van der Waals surface area (Å²) in [4.78, 5) is 22.1. The van der Waals surface area contributed by atoms with Gasteiger partial charge in [-0.3, -0.25) is 9.59 Å². The molecule has 21 heavy (non-hydrogen) atoms. The second kappa shape index (κ2) is 8.52. The van der Waals surface area contributed by atoms with Crippen molar-refractivity contribution in [2.24, 2.45) is 5.92 Å². The number of aliphatic carboxylic acids is 1. The standard InChI is InChI=1S/C15H20ClNO4/c1-10-3-5-12(16)13(7-10)21-9-14(18)17-8-11(2)4-6-15(19)20/h3,5,7,11H,4,6,8-9H2,1-2H3,(H,17,18)(H,19,20). The Morgan fingerprint density at radius 3 is 2.81 bits per heavy atom. The number of ether oxygens (including phenoxy) is 1. The quantitative estimate of drug-likeness (QED) is 0.773. The lowest BCUT2D eigenvalue weighted by Crippen LogP contribution is -2.32. The highest BCUT2D eigenvalue weighted by atomic mass is 35.5. The molecule has 0 heterocycles. The lowest BCUT2D eigenvalue weighted by Gasteiger charge is -2.12. The van der Waals surface area contributed by atoms with Gasteiger partial charge in [-0.2, -0.15) is 0 Å². The molecule has 1 atom stereocenters. The summed E-state index contributed by atoms with van der Waals surface area (Å²) in [6, 6.07) is 5.35. The van der Waals surface area contributed by atoms with Crippen LogP contribution in [0.1, 0.15) is 25.3 Å². The van der Waals surface area contributed by atoms with Crippen LogP contribution in [0.5, 0.6) is 5.75 Å². The van der Waals surface area contributed by atoms with Crippen LogP contribution in [0.3, 0.4) is 0 Å². The Balaban J connectivity index is 2.31. The third-order valence-electron chi connectivity index (χ3n) is 2.94. The molecule has 0 radical (unpaired) electrons. The van der Waals surface area contributed by atoms with Crippen LogP contribution in [-0.4, -0.2) is 30.1 Å². The van der Waals surface area contributed by atoms with Crippen LogP contribution >= 0.6 is 11.6 Å². The number of carbonyl (C=O) groups excluding carboxylic acids is 1. The molecule has 5 nitrogen and oxygen atoms in total. The van der Waals surface area contributed by atoms with Gasteiger partial charge in [0.2, 0.25) is 0 Å². The van der Waals surface area contributed by atoms with Crippen molar-refractivity contribution in [2.75, 3.05) is 13.2 Å². The molecule has 116 valence electrons. The van der Waals surface area contributed by atoms with Gasteiger partial charge in [-0.25, -0.2) is 0 Å². The number of hydrogen-bond acceptors (Lipinski definition) is 3. The molecular weight excluding hydrogens is 294 g/mol. The maximum Gasteiger partial charge on any atom is 0.303 e. The summed E-state index contributed by atoms with van der Waals surface area (Å²) in [6.45, 7) is 4.11. The summed E-state index contributed by atoms with van der Waals surface area (Å²) < 4.78 is 5.37.